The molecule has 0 aliphatic heterocycles. The van der Waals surface area contributed by atoms with Crippen LogP contribution in [0.4, 0.5) is 0 Å². The van der Waals surface area contributed by atoms with Crippen molar-refractivity contribution in [2.75, 3.05) is 13.7 Å². The molecule has 0 aliphatic rings. The Morgan fingerprint density at radius 2 is 1.95 bits per heavy atom. The second kappa shape index (κ2) is 7.83. The van der Waals surface area contributed by atoms with Crippen LogP contribution >= 0.6 is 27.5 Å². The summed E-state index contributed by atoms with van der Waals surface area (Å²) in [5, 5.41) is 4.30. The van der Waals surface area contributed by atoms with E-state index in [2.05, 4.69) is 34.2 Å². The van der Waals surface area contributed by atoms with Crippen LogP contribution in [0.15, 0.2) is 46.9 Å². The molecule has 1 atom stereocenters. The second-order valence-corrected chi connectivity index (χ2v) is 6.12. The fourth-order valence-electron chi connectivity index (χ4n) is 2.32. The Balaban J connectivity index is 2.47. The van der Waals surface area contributed by atoms with Crippen molar-refractivity contribution in [2.45, 2.75) is 19.4 Å². The van der Waals surface area contributed by atoms with Gasteiger partial charge in [-0.05, 0) is 36.7 Å². The van der Waals surface area contributed by atoms with E-state index in [1.165, 1.54) is 0 Å². The number of benzene rings is 2. The Kier molecular flexibility index (Phi) is 6.09. The van der Waals surface area contributed by atoms with Crippen LogP contribution in [0, 0.1) is 0 Å². The standard InChI is InChI=1S/C17H19BrClNO/c1-3-10-20-17(13-9-8-12(18)11-15(13)19)14-6-4-5-7-16(14)21-2/h4-9,11,17,20H,3,10H2,1-2H3. The maximum Gasteiger partial charge on any atom is 0.123 e. The summed E-state index contributed by atoms with van der Waals surface area (Å²) >= 11 is 9.89. The SMILES string of the molecule is CCCNC(c1ccc(Br)cc1Cl)c1ccccc1OC. The third-order valence-corrected chi connectivity index (χ3v) is 4.14. The van der Waals surface area contributed by atoms with Crippen LogP contribution in [0.5, 0.6) is 5.75 Å². The summed E-state index contributed by atoms with van der Waals surface area (Å²) in [4.78, 5) is 0. The Hall–Kier alpha value is -1.03. The van der Waals surface area contributed by atoms with Crippen molar-refractivity contribution in [2.24, 2.45) is 0 Å². The van der Waals surface area contributed by atoms with E-state index in [4.69, 9.17) is 16.3 Å². The fraction of sp³-hybridized carbons (Fsp3) is 0.294. The monoisotopic (exact) mass is 367 g/mol. The Bertz CT molecular complexity index is 603. The molecule has 0 heterocycles. The van der Waals surface area contributed by atoms with E-state index in [0.717, 1.165) is 39.3 Å². The van der Waals surface area contributed by atoms with E-state index in [1.807, 2.05) is 36.4 Å². The number of rotatable bonds is 6. The van der Waals surface area contributed by atoms with Gasteiger partial charge in [0.05, 0.1) is 13.2 Å². The third kappa shape index (κ3) is 4.00. The number of halogens is 2. The molecule has 1 N–H and O–H groups in total. The van der Waals surface area contributed by atoms with E-state index < -0.39 is 0 Å². The van der Waals surface area contributed by atoms with Gasteiger partial charge in [-0.2, -0.15) is 0 Å². The lowest BCUT2D eigenvalue weighted by molar-refractivity contribution is 0.404. The topological polar surface area (TPSA) is 21.3 Å². The average Bonchev–Trinajstić information content (AvgIpc) is 2.49. The predicted octanol–water partition coefficient (Wildman–Crippen LogP) is 5.20. The van der Waals surface area contributed by atoms with E-state index >= 15 is 0 Å². The first-order chi connectivity index (χ1) is 10.2. The molecule has 0 spiro atoms. The van der Waals surface area contributed by atoms with E-state index in [-0.39, 0.29) is 6.04 Å². The molecule has 21 heavy (non-hydrogen) atoms. The number of hydrogen-bond donors (Lipinski definition) is 1. The molecule has 2 aromatic rings. The van der Waals surface area contributed by atoms with Crippen molar-refractivity contribution in [1.29, 1.82) is 0 Å². The van der Waals surface area contributed by atoms with Gasteiger partial charge in [-0.1, -0.05) is 58.7 Å². The Morgan fingerprint density at radius 3 is 2.62 bits per heavy atom. The molecule has 0 amide bonds. The normalized spacial score (nSPS) is 12.2. The average molecular weight is 369 g/mol. The molecule has 4 heteroatoms. The van der Waals surface area contributed by atoms with Gasteiger partial charge in [0.25, 0.3) is 0 Å². The zero-order valence-electron chi connectivity index (χ0n) is 12.2. The minimum atomic E-state index is 0.0155. The third-order valence-electron chi connectivity index (χ3n) is 3.32. The van der Waals surface area contributed by atoms with E-state index in [1.54, 1.807) is 7.11 Å². The summed E-state index contributed by atoms with van der Waals surface area (Å²) in [5.74, 6) is 0.866. The predicted molar refractivity (Wildman–Crippen MR) is 92.3 cm³/mol. The zero-order chi connectivity index (χ0) is 15.2. The Labute approximate surface area is 139 Å². The molecule has 112 valence electrons. The van der Waals surface area contributed by atoms with Crippen molar-refractivity contribution >= 4 is 27.5 Å². The zero-order valence-corrected chi connectivity index (χ0v) is 14.5. The molecule has 0 bridgehead atoms. The van der Waals surface area contributed by atoms with Crippen LogP contribution < -0.4 is 10.1 Å². The Morgan fingerprint density at radius 1 is 1.19 bits per heavy atom. The molecule has 0 aromatic heterocycles. The largest absolute Gasteiger partial charge is 0.496 e. The van der Waals surface area contributed by atoms with Gasteiger partial charge in [0.2, 0.25) is 0 Å². The molecule has 0 saturated carbocycles. The summed E-state index contributed by atoms with van der Waals surface area (Å²) in [6.07, 6.45) is 1.06. The molecule has 1 unspecified atom stereocenters. The second-order valence-electron chi connectivity index (χ2n) is 4.79. The summed E-state index contributed by atoms with van der Waals surface area (Å²) in [6.45, 7) is 3.06. The molecule has 2 aromatic carbocycles. The van der Waals surface area contributed by atoms with Gasteiger partial charge >= 0.3 is 0 Å². The van der Waals surface area contributed by atoms with Gasteiger partial charge in [0, 0.05) is 15.1 Å². The first-order valence-corrected chi connectivity index (χ1v) is 8.15. The highest BCUT2D eigenvalue weighted by atomic mass is 79.9. The lowest BCUT2D eigenvalue weighted by Crippen LogP contribution is -2.24. The van der Waals surface area contributed by atoms with E-state index in [9.17, 15) is 0 Å². The summed E-state index contributed by atoms with van der Waals surface area (Å²) in [7, 11) is 1.69. The maximum absolute atomic E-state index is 6.44. The first-order valence-electron chi connectivity index (χ1n) is 6.98. The molecular formula is C17H19BrClNO. The smallest absolute Gasteiger partial charge is 0.123 e. The summed E-state index contributed by atoms with van der Waals surface area (Å²) in [5.41, 5.74) is 2.15. The highest BCUT2D eigenvalue weighted by molar-refractivity contribution is 9.10. The van der Waals surface area contributed by atoms with Crippen LogP contribution in [0.1, 0.15) is 30.5 Å². The molecule has 0 fully saturated rings. The number of methoxy groups -OCH3 is 1. The lowest BCUT2D eigenvalue weighted by atomic mass is 9.97. The molecule has 0 radical (unpaired) electrons. The lowest BCUT2D eigenvalue weighted by Gasteiger charge is -2.23. The highest BCUT2D eigenvalue weighted by Gasteiger charge is 2.19. The van der Waals surface area contributed by atoms with Gasteiger partial charge in [0.15, 0.2) is 0 Å². The fourth-order valence-corrected chi connectivity index (χ4v) is 3.10. The van der Waals surface area contributed by atoms with Crippen molar-refractivity contribution in [3.8, 4) is 5.75 Å². The van der Waals surface area contributed by atoms with Crippen molar-refractivity contribution in [3.63, 3.8) is 0 Å². The minimum absolute atomic E-state index is 0.0155. The molecular weight excluding hydrogens is 350 g/mol. The van der Waals surface area contributed by atoms with Crippen LogP contribution in [-0.2, 0) is 0 Å². The van der Waals surface area contributed by atoms with Crippen molar-refractivity contribution in [1.82, 2.24) is 5.32 Å². The van der Waals surface area contributed by atoms with E-state index in [0.29, 0.717) is 0 Å². The highest BCUT2D eigenvalue weighted by Crippen LogP contribution is 2.34. The number of ether oxygens (including phenoxy) is 1. The van der Waals surface area contributed by atoms with Crippen molar-refractivity contribution in [3.05, 3.63) is 63.1 Å². The van der Waals surface area contributed by atoms with Gasteiger partial charge < -0.3 is 10.1 Å². The molecule has 2 rings (SSSR count). The summed E-state index contributed by atoms with van der Waals surface area (Å²) in [6, 6.07) is 14.0. The first kappa shape index (κ1) is 16.3. The van der Waals surface area contributed by atoms with Gasteiger partial charge in [-0.3, -0.25) is 0 Å². The maximum atomic E-state index is 6.44. The number of nitrogens with one attached hydrogen (secondary N) is 1. The molecule has 0 saturated heterocycles. The number of hydrogen-bond acceptors (Lipinski definition) is 2. The molecule has 0 aliphatic carbocycles. The van der Waals surface area contributed by atoms with Gasteiger partial charge in [0.1, 0.15) is 5.75 Å². The van der Waals surface area contributed by atoms with Crippen LogP contribution in [0.2, 0.25) is 5.02 Å². The summed E-state index contributed by atoms with van der Waals surface area (Å²) < 4.78 is 6.48. The van der Waals surface area contributed by atoms with Gasteiger partial charge in [-0.15, -0.1) is 0 Å². The van der Waals surface area contributed by atoms with Crippen LogP contribution in [-0.4, -0.2) is 13.7 Å². The van der Waals surface area contributed by atoms with Crippen LogP contribution in [0.25, 0.3) is 0 Å². The molecule has 2 nitrogen and oxygen atoms in total. The van der Waals surface area contributed by atoms with Crippen molar-refractivity contribution < 1.29 is 4.74 Å². The number of para-hydroxylation sites is 1. The minimum Gasteiger partial charge on any atom is -0.496 e. The van der Waals surface area contributed by atoms with Crippen LogP contribution in [0.3, 0.4) is 0 Å². The quantitative estimate of drug-likeness (QED) is 0.756. The van der Waals surface area contributed by atoms with Gasteiger partial charge in [-0.25, -0.2) is 0 Å².